The number of likely N-dealkylation sites (tertiary alicyclic amines) is 2. The van der Waals surface area contributed by atoms with Gasteiger partial charge in [0, 0.05) is 63.9 Å². The van der Waals surface area contributed by atoms with E-state index in [1.54, 1.807) is 4.31 Å². The second-order valence-electron chi connectivity index (χ2n) is 14.1. The molecule has 2 aromatic rings. The van der Waals surface area contributed by atoms with Crippen LogP contribution >= 0.6 is 0 Å². The lowest BCUT2D eigenvalue weighted by atomic mass is 9.85. The second kappa shape index (κ2) is 13.2. The van der Waals surface area contributed by atoms with E-state index in [1.807, 2.05) is 29.7 Å². The fourth-order valence-electron chi connectivity index (χ4n) is 8.16. The van der Waals surface area contributed by atoms with Gasteiger partial charge in [0.15, 0.2) is 0 Å². The van der Waals surface area contributed by atoms with Gasteiger partial charge in [-0.15, -0.1) is 0 Å². The average molecular weight is 652 g/mol. The van der Waals surface area contributed by atoms with Crippen LogP contribution in [-0.2, 0) is 10.0 Å². The van der Waals surface area contributed by atoms with Crippen molar-refractivity contribution in [2.24, 2.45) is 5.92 Å². The van der Waals surface area contributed by atoms with Crippen molar-refractivity contribution in [2.75, 3.05) is 58.6 Å². The lowest BCUT2D eigenvalue weighted by molar-refractivity contribution is 0.00488. The van der Waals surface area contributed by atoms with Crippen LogP contribution in [0.2, 0.25) is 0 Å². The summed E-state index contributed by atoms with van der Waals surface area (Å²) >= 11 is 0. The minimum atomic E-state index is -3.18. The van der Waals surface area contributed by atoms with E-state index in [0.717, 1.165) is 63.0 Å². The minimum Gasteiger partial charge on any atom is -0.338 e. The Hall–Kier alpha value is -3.09. The summed E-state index contributed by atoms with van der Waals surface area (Å²) in [5.74, 6) is 0.335. The van der Waals surface area contributed by atoms with Crippen LogP contribution in [0.3, 0.4) is 0 Å². The number of hydrogen-bond donors (Lipinski definition) is 0. The van der Waals surface area contributed by atoms with Gasteiger partial charge >= 0.3 is 6.03 Å². The largest absolute Gasteiger partial charge is 0.338 e. The first-order valence-corrected chi connectivity index (χ1v) is 18.7. The summed E-state index contributed by atoms with van der Waals surface area (Å²) in [4.78, 5) is 44.7. The maximum absolute atomic E-state index is 14.1. The van der Waals surface area contributed by atoms with Crippen molar-refractivity contribution in [2.45, 2.75) is 76.9 Å². The standard InChI is InChI=1S/C34H49N7O4S/c1-25-31(26(2)36-24-35-25)32(42)37-20-14-34(3,15-21-37)39-16-12-29(13-17-39)41-30(28-8-6-5-7-9-28)23-38(33(41)43)22-27-10-18-40(19-11-27)46(4,44)45/h5-9,24,27,29-30H,10-23H2,1-4H3/t30-/m0/s1. The third kappa shape index (κ3) is 6.66. The number of rotatable bonds is 7. The smallest absolute Gasteiger partial charge is 0.320 e. The van der Waals surface area contributed by atoms with Gasteiger partial charge in [0.25, 0.3) is 5.91 Å². The number of amides is 3. The molecule has 0 saturated carbocycles. The van der Waals surface area contributed by atoms with Crippen LogP contribution in [0.15, 0.2) is 36.7 Å². The number of sulfonamides is 1. The number of carbonyl (C=O) groups excluding carboxylic acids is 2. The molecule has 12 heteroatoms. The van der Waals surface area contributed by atoms with Gasteiger partial charge in [-0.1, -0.05) is 30.3 Å². The summed E-state index contributed by atoms with van der Waals surface area (Å²) in [6, 6.07) is 10.7. The van der Waals surface area contributed by atoms with Crippen LogP contribution in [-0.4, -0.2) is 124 Å². The Morgan fingerprint density at radius 3 is 2.11 bits per heavy atom. The van der Waals surface area contributed by atoms with Crippen molar-refractivity contribution < 1.29 is 18.0 Å². The summed E-state index contributed by atoms with van der Waals surface area (Å²) in [6.45, 7) is 11.8. The van der Waals surface area contributed by atoms with Crippen LogP contribution < -0.4 is 0 Å². The number of benzene rings is 1. The molecule has 4 aliphatic heterocycles. The number of piperidine rings is 3. The normalized spacial score (nSPS) is 24.1. The van der Waals surface area contributed by atoms with E-state index in [2.05, 4.69) is 51.0 Å². The van der Waals surface area contributed by atoms with Crippen LogP contribution in [0.4, 0.5) is 4.79 Å². The molecule has 250 valence electrons. The lowest BCUT2D eigenvalue weighted by Gasteiger charge is -2.50. The van der Waals surface area contributed by atoms with E-state index >= 15 is 0 Å². The highest BCUT2D eigenvalue weighted by atomic mass is 32.2. The molecule has 0 aliphatic carbocycles. The zero-order valence-corrected chi connectivity index (χ0v) is 28.6. The van der Waals surface area contributed by atoms with Gasteiger partial charge in [-0.2, -0.15) is 0 Å². The zero-order valence-electron chi connectivity index (χ0n) is 27.8. The Morgan fingerprint density at radius 2 is 1.52 bits per heavy atom. The van der Waals surface area contributed by atoms with E-state index in [1.165, 1.54) is 18.1 Å². The first kappa shape index (κ1) is 32.8. The van der Waals surface area contributed by atoms with Gasteiger partial charge in [0.1, 0.15) is 6.33 Å². The molecular formula is C34H49N7O4S. The van der Waals surface area contributed by atoms with Gasteiger partial charge in [-0.3, -0.25) is 9.69 Å². The number of nitrogens with zero attached hydrogens (tertiary/aromatic N) is 7. The number of carbonyl (C=O) groups is 2. The average Bonchev–Trinajstić information content (AvgIpc) is 3.37. The highest BCUT2D eigenvalue weighted by Gasteiger charge is 2.46. The Morgan fingerprint density at radius 1 is 0.913 bits per heavy atom. The SMILES string of the molecule is Cc1ncnc(C)c1C(=O)N1CCC(C)(N2CCC(N3C(=O)N(CC4CCN(S(C)(=O)=O)CC4)C[C@H]3c3ccccc3)CC2)CC1. The molecule has 1 aromatic carbocycles. The third-order valence-electron chi connectivity index (χ3n) is 11.1. The summed E-state index contributed by atoms with van der Waals surface area (Å²) in [5.41, 5.74) is 3.28. The van der Waals surface area contributed by atoms with E-state index in [9.17, 15) is 18.0 Å². The molecule has 0 N–H and O–H groups in total. The van der Waals surface area contributed by atoms with Gasteiger partial charge in [0.05, 0.1) is 29.2 Å². The Bertz CT molecular complexity index is 1490. The first-order chi connectivity index (χ1) is 21.9. The predicted octanol–water partition coefficient (Wildman–Crippen LogP) is 3.70. The Kier molecular flexibility index (Phi) is 9.42. The molecular weight excluding hydrogens is 602 g/mol. The number of aryl methyl sites for hydroxylation is 2. The quantitative estimate of drug-likeness (QED) is 0.449. The lowest BCUT2D eigenvalue weighted by Crippen LogP contribution is -2.58. The molecule has 0 unspecified atom stereocenters. The van der Waals surface area contributed by atoms with E-state index < -0.39 is 10.0 Å². The number of urea groups is 1. The second-order valence-corrected chi connectivity index (χ2v) is 16.0. The van der Waals surface area contributed by atoms with E-state index in [0.29, 0.717) is 50.7 Å². The molecule has 0 radical (unpaired) electrons. The summed E-state index contributed by atoms with van der Waals surface area (Å²) in [5, 5.41) is 0. The molecule has 0 spiro atoms. The minimum absolute atomic E-state index is 0.0136. The van der Waals surface area contributed by atoms with E-state index in [4.69, 9.17) is 0 Å². The molecule has 3 amide bonds. The van der Waals surface area contributed by atoms with Crippen molar-refractivity contribution in [1.29, 1.82) is 0 Å². The number of aromatic nitrogens is 2. The molecule has 4 aliphatic rings. The van der Waals surface area contributed by atoms with Gasteiger partial charge in [-0.05, 0) is 70.8 Å². The van der Waals surface area contributed by atoms with Crippen molar-refractivity contribution in [3.05, 3.63) is 59.2 Å². The summed E-state index contributed by atoms with van der Waals surface area (Å²) < 4.78 is 25.6. The molecule has 4 fully saturated rings. The van der Waals surface area contributed by atoms with E-state index in [-0.39, 0.29) is 29.6 Å². The highest BCUT2D eigenvalue weighted by molar-refractivity contribution is 7.88. The fourth-order valence-corrected chi connectivity index (χ4v) is 9.04. The van der Waals surface area contributed by atoms with Crippen molar-refractivity contribution >= 4 is 22.0 Å². The Balaban J connectivity index is 1.08. The van der Waals surface area contributed by atoms with Crippen LogP contribution in [0, 0.1) is 19.8 Å². The maximum atomic E-state index is 14.1. The number of hydrogen-bond acceptors (Lipinski definition) is 7. The molecule has 5 heterocycles. The van der Waals surface area contributed by atoms with Crippen LogP contribution in [0.5, 0.6) is 0 Å². The van der Waals surface area contributed by atoms with Gasteiger partial charge in [0.2, 0.25) is 10.0 Å². The molecule has 1 aromatic heterocycles. The summed E-state index contributed by atoms with van der Waals surface area (Å²) in [7, 11) is -3.18. The summed E-state index contributed by atoms with van der Waals surface area (Å²) in [6.07, 6.45) is 8.03. The fraction of sp³-hybridized carbons (Fsp3) is 0.647. The van der Waals surface area contributed by atoms with Crippen LogP contribution in [0.1, 0.15) is 78.8 Å². The van der Waals surface area contributed by atoms with Crippen molar-refractivity contribution in [3.8, 4) is 0 Å². The van der Waals surface area contributed by atoms with Crippen LogP contribution in [0.25, 0.3) is 0 Å². The van der Waals surface area contributed by atoms with Crippen molar-refractivity contribution in [1.82, 2.24) is 33.9 Å². The molecule has 1 atom stereocenters. The first-order valence-electron chi connectivity index (χ1n) is 16.8. The predicted molar refractivity (Wildman–Crippen MR) is 177 cm³/mol. The topological polar surface area (TPSA) is 110 Å². The Labute approximate surface area is 274 Å². The molecule has 4 saturated heterocycles. The monoisotopic (exact) mass is 651 g/mol. The molecule has 11 nitrogen and oxygen atoms in total. The third-order valence-corrected chi connectivity index (χ3v) is 12.4. The highest BCUT2D eigenvalue weighted by Crippen LogP contribution is 2.38. The molecule has 46 heavy (non-hydrogen) atoms. The van der Waals surface area contributed by atoms with Crippen molar-refractivity contribution in [3.63, 3.8) is 0 Å². The molecule has 0 bridgehead atoms. The van der Waals surface area contributed by atoms with Gasteiger partial charge < -0.3 is 14.7 Å². The maximum Gasteiger partial charge on any atom is 0.320 e. The molecule has 6 rings (SSSR count). The zero-order chi connectivity index (χ0) is 32.6. The van der Waals surface area contributed by atoms with Gasteiger partial charge in [-0.25, -0.2) is 27.5 Å².